The lowest BCUT2D eigenvalue weighted by Crippen LogP contribution is -2.24. The Kier molecular flexibility index (Phi) is 7.04. The van der Waals surface area contributed by atoms with Crippen molar-refractivity contribution >= 4 is 21.0 Å². The van der Waals surface area contributed by atoms with Crippen LogP contribution in [0.25, 0.3) is 11.1 Å². The fraction of sp³-hybridized carbons (Fsp3) is 0.0370. The van der Waals surface area contributed by atoms with Gasteiger partial charge in [0.15, 0.2) is 0 Å². The normalized spacial score (nSPS) is 11.2. The van der Waals surface area contributed by atoms with Crippen molar-refractivity contribution in [2.45, 2.75) is 5.16 Å². The zero-order valence-electron chi connectivity index (χ0n) is 16.2. The topological polar surface area (TPSA) is 0 Å². The zero-order valence-corrected chi connectivity index (χ0v) is 18.0. The second-order valence-electron chi connectivity index (χ2n) is 6.74. The molecule has 0 aliphatic rings. The minimum atomic E-state index is -0.267. The summed E-state index contributed by atoms with van der Waals surface area (Å²) in [4.78, 5) is 0. The molecule has 4 rings (SSSR count). The largest absolute Gasteiger partial charge is 0.147 e. The Bertz CT molecular complexity index is 1000. The van der Waals surface area contributed by atoms with Crippen LogP contribution in [0, 0.1) is 0 Å². The summed E-state index contributed by atoms with van der Waals surface area (Å²) in [5.74, 6) is 2.07. The van der Waals surface area contributed by atoms with Gasteiger partial charge in [0.2, 0.25) is 0 Å². The van der Waals surface area contributed by atoms with Crippen LogP contribution in [0.2, 0.25) is 0 Å². The Labute approximate surface area is 181 Å². The summed E-state index contributed by atoms with van der Waals surface area (Å²) in [6, 6.07) is 41.1. The fourth-order valence-corrected chi connectivity index (χ4v) is 5.28. The maximum Gasteiger partial charge on any atom is 0.0661 e. The van der Waals surface area contributed by atoms with Crippen molar-refractivity contribution in [2.24, 2.45) is 0 Å². The van der Waals surface area contributed by atoms with Gasteiger partial charge in [0.05, 0.1) is 5.16 Å². The van der Waals surface area contributed by atoms with E-state index in [0.29, 0.717) is 8.58 Å². The second kappa shape index (κ2) is 9.70. The van der Waals surface area contributed by atoms with E-state index in [1.54, 1.807) is 0 Å². The van der Waals surface area contributed by atoms with E-state index in [9.17, 15) is 0 Å². The molecule has 0 aromatic heterocycles. The van der Waals surface area contributed by atoms with Crippen LogP contribution in [0.5, 0.6) is 0 Å². The number of hydrogen-bond acceptors (Lipinski definition) is 0. The van der Waals surface area contributed by atoms with Crippen LogP contribution in [0.15, 0.2) is 128 Å². The molecule has 4 aromatic carbocycles. The highest BCUT2D eigenvalue weighted by Gasteiger charge is 2.37. The van der Waals surface area contributed by atoms with Crippen LogP contribution in [-0.2, 0) is 5.16 Å². The van der Waals surface area contributed by atoms with Gasteiger partial charge < -0.3 is 0 Å². The summed E-state index contributed by atoms with van der Waals surface area (Å²) in [5.41, 5.74) is 6.41. The van der Waals surface area contributed by atoms with Gasteiger partial charge in [0, 0.05) is 0 Å². The van der Waals surface area contributed by atoms with Gasteiger partial charge in [-0.15, -0.1) is 12.4 Å². The first-order chi connectivity index (χ1) is 13.9. The van der Waals surface area contributed by atoms with Gasteiger partial charge >= 0.3 is 0 Å². The SMILES string of the molecule is C=CPC(c1ccccc1)(c1ccccc1)c1ccccc1-c1ccccc1.Cl. The highest BCUT2D eigenvalue weighted by Crippen LogP contribution is 2.54. The summed E-state index contributed by atoms with van der Waals surface area (Å²) in [5, 5.41) is -0.267. The molecular weight excluding hydrogens is 391 g/mol. The Morgan fingerprint density at radius 1 is 0.586 bits per heavy atom. The van der Waals surface area contributed by atoms with E-state index >= 15 is 0 Å². The third kappa shape index (κ3) is 4.06. The molecule has 0 saturated carbocycles. The number of hydrogen-bond donors (Lipinski definition) is 0. The van der Waals surface area contributed by atoms with Gasteiger partial charge in [-0.3, -0.25) is 0 Å². The Balaban J connectivity index is 0.00000240. The molecule has 4 aromatic rings. The molecule has 0 amide bonds. The van der Waals surface area contributed by atoms with Crippen LogP contribution in [0.4, 0.5) is 0 Å². The lowest BCUT2D eigenvalue weighted by atomic mass is 9.80. The van der Waals surface area contributed by atoms with E-state index in [-0.39, 0.29) is 17.6 Å². The first-order valence-corrected chi connectivity index (χ1v) is 10.6. The first kappa shape index (κ1) is 21.1. The van der Waals surface area contributed by atoms with Crippen LogP contribution in [0.3, 0.4) is 0 Å². The van der Waals surface area contributed by atoms with Gasteiger partial charge in [-0.05, 0) is 27.8 Å². The van der Waals surface area contributed by atoms with Gasteiger partial charge in [-0.1, -0.05) is 136 Å². The highest BCUT2D eigenvalue weighted by atomic mass is 35.5. The molecule has 29 heavy (non-hydrogen) atoms. The lowest BCUT2D eigenvalue weighted by Gasteiger charge is -2.36. The van der Waals surface area contributed by atoms with Crippen molar-refractivity contribution in [3.8, 4) is 11.1 Å². The molecule has 0 N–H and O–H groups in total. The summed E-state index contributed by atoms with van der Waals surface area (Å²) >= 11 is 0. The standard InChI is InChI=1S/C27H23P.ClH/c1-2-28-27(23-16-8-4-9-17-23,24-18-10-5-11-19-24)26-21-13-12-20-25(26)22-14-6-3-7-15-22;/h2-21,28H,1H2;1H. The van der Waals surface area contributed by atoms with E-state index in [4.69, 9.17) is 0 Å². The predicted molar refractivity (Wildman–Crippen MR) is 130 cm³/mol. The van der Waals surface area contributed by atoms with Crippen LogP contribution in [-0.4, -0.2) is 0 Å². The molecule has 1 unspecified atom stereocenters. The second-order valence-corrected chi connectivity index (χ2v) is 8.19. The number of halogens is 1. The molecule has 0 aliphatic heterocycles. The summed E-state index contributed by atoms with van der Waals surface area (Å²) in [7, 11) is 0.514. The summed E-state index contributed by atoms with van der Waals surface area (Å²) in [6.07, 6.45) is 0. The maximum atomic E-state index is 4.14. The minimum Gasteiger partial charge on any atom is -0.147 e. The molecule has 0 fully saturated rings. The molecule has 0 spiro atoms. The van der Waals surface area contributed by atoms with E-state index in [1.165, 1.54) is 27.8 Å². The van der Waals surface area contributed by atoms with Crippen molar-refractivity contribution < 1.29 is 0 Å². The average molecular weight is 415 g/mol. The van der Waals surface area contributed by atoms with Crippen molar-refractivity contribution in [1.29, 1.82) is 0 Å². The minimum absolute atomic E-state index is 0. The van der Waals surface area contributed by atoms with Gasteiger partial charge in [-0.25, -0.2) is 0 Å². The van der Waals surface area contributed by atoms with Crippen LogP contribution < -0.4 is 0 Å². The van der Waals surface area contributed by atoms with Crippen molar-refractivity contribution in [1.82, 2.24) is 0 Å². The summed E-state index contributed by atoms with van der Waals surface area (Å²) in [6.45, 7) is 4.14. The van der Waals surface area contributed by atoms with E-state index in [0.717, 1.165) is 0 Å². The third-order valence-corrected chi connectivity index (χ3v) is 6.63. The van der Waals surface area contributed by atoms with E-state index in [1.807, 2.05) is 0 Å². The van der Waals surface area contributed by atoms with Crippen molar-refractivity contribution in [2.75, 3.05) is 0 Å². The Morgan fingerprint density at radius 3 is 1.55 bits per heavy atom. The molecule has 1 atom stereocenters. The quantitative estimate of drug-likeness (QED) is 0.222. The molecule has 0 saturated heterocycles. The summed E-state index contributed by atoms with van der Waals surface area (Å²) < 4.78 is 0. The third-order valence-electron chi connectivity index (χ3n) is 5.15. The monoisotopic (exact) mass is 414 g/mol. The average Bonchev–Trinajstić information content (AvgIpc) is 2.79. The Morgan fingerprint density at radius 2 is 1.03 bits per heavy atom. The van der Waals surface area contributed by atoms with Crippen LogP contribution >= 0.6 is 21.0 Å². The van der Waals surface area contributed by atoms with Gasteiger partial charge in [-0.2, -0.15) is 0 Å². The molecule has 0 aliphatic carbocycles. The molecule has 144 valence electrons. The maximum absolute atomic E-state index is 4.14. The van der Waals surface area contributed by atoms with Crippen LogP contribution in [0.1, 0.15) is 16.7 Å². The Hall–Kier alpha value is -2.66. The molecule has 2 heteroatoms. The van der Waals surface area contributed by atoms with E-state index < -0.39 is 0 Å². The highest BCUT2D eigenvalue weighted by molar-refractivity contribution is 7.43. The number of benzene rings is 4. The predicted octanol–water partition coefficient (Wildman–Crippen LogP) is 7.89. The lowest BCUT2D eigenvalue weighted by molar-refractivity contribution is 0.893. The first-order valence-electron chi connectivity index (χ1n) is 9.51. The smallest absolute Gasteiger partial charge is 0.0661 e. The molecule has 0 bridgehead atoms. The van der Waals surface area contributed by atoms with Gasteiger partial charge in [0.25, 0.3) is 0 Å². The molecule has 0 heterocycles. The molecular formula is C27H24ClP. The van der Waals surface area contributed by atoms with Crippen molar-refractivity contribution in [3.05, 3.63) is 144 Å². The molecule has 0 nitrogen and oxygen atoms in total. The van der Waals surface area contributed by atoms with E-state index in [2.05, 4.69) is 128 Å². The fourth-order valence-electron chi connectivity index (χ4n) is 3.93. The van der Waals surface area contributed by atoms with Crippen molar-refractivity contribution in [3.63, 3.8) is 0 Å². The molecule has 0 radical (unpaired) electrons. The van der Waals surface area contributed by atoms with Gasteiger partial charge in [0.1, 0.15) is 0 Å². The zero-order chi connectivity index (χ0) is 19.2. The number of rotatable bonds is 6.